The van der Waals surface area contributed by atoms with Gasteiger partial charge in [0.05, 0.1) is 5.56 Å². The van der Waals surface area contributed by atoms with E-state index in [0.717, 1.165) is 17.7 Å². The zero-order valence-corrected chi connectivity index (χ0v) is 14.0. The molecular weight excluding hydrogens is 335 g/mol. The molecule has 9 heteroatoms. The van der Waals surface area contributed by atoms with Gasteiger partial charge in [0, 0.05) is 20.0 Å². The van der Waals surface area contributed by atoms with Gasteiger partial charge in [-0.05, 0) is 31.0 Å². The second-order valence-corrected chi connectivity index (χ2v) is 5.30. The predicted octanol–water partition coefficient (Wildman–Crippen LogP) is 2.69. The summed E-state index contributed by atoms with van der Waals surface area (Å²) < 4.78 is 42.5. The van der Waals surface area contributed by atoms with Gasteiger partial charge in [0.25, 0.3) is 0 Å². The first-order chi connectivity index (χ1) is 11.9. The molecule has 0 aliphatic rings. The Morgan fingerprint density at radius 1 is 1.20 bits per heavy atom. The molecule has 1 heterocycles. The molecule has 25 heavy (non-hydrogen) atoms. The molecule has 6 nitrogen and oxygen atoms in total. The van der Waals surface area contributed by atoms with Crippen LogP contribution >= 0.6 is 0 Å². The summed E-state index contributed by atoms with van der Waals surface area (Å²) in [5.41, 5.74) is 0.166. The molecule has 0 radical (unpaired) electrons. The monoisotopic (exact) mass is 355 g/mol. The molecule has 1 aromatic heterocycles. The molecule has 1 aromatic carbocycles. The van der Waals surface area contributed by atoms with E-state index in [0.29, 0.717) is 37.2 Å². The zero-order chi connectivity index (χ0) is 18.3. The second kappa shape index (κ2) is 8.50. The van der Waals surface area contributed by atoms with E-state index in [4.69, 9.17) is 4.52 Å². The number of aromatic nitrogens is 2. The van der Waals surface area contributed by atoms with E-state index < -0.39 is 11.7 Å². The summed E-state index contributed by atoms with van der Waals surface area (Å²) in [5.74, 6) is 1.54. The lowest BCUT2D eigenvalue weighted by Crippen LogP contribution is -2.38. The summed E-state index contributed by atoms with van der Waals surface area (Å²) in [6.07, 6.45) is -3.74. The number of benzene rings is 1. The second-order valence-electron chi connectivity index (χ2n) is 5.30. The predicted molar refractivity (Wildman–Crippen MR) is 87.0 cm³/mol. The van der Waals surface area contributed by atoms with E-state index in [-0.39, 0.29) is 6.54 Å². The van der Waals surface area contributed by atoms with Crippen molar-refractivity contribution >= 4 is 5.96 Å². The number of nitrogens with one attached hydrogen (secondary N) is 2. The number of rotatable bonds is 6. The van der Waals surface area contributed by atoms with Crippen LogP contribution < -0.4 is 10.6 Å². The van der Waals surface area contributed by atoms with Gasteiger partial charge in [-0.1, -0.05) is 17.3 Å². The van der Waals surface area contributed by atoms with Crippen molar-refractivity contribution in [3.8, 4) is 0 Å². The Kier molecular flexibility index (Phi) is 6.37. The molecule has 0 saturated carbocycles. The van der Waals surface area contributed by atoms with E-state index in [9.17, 15) is 13.2 Å². The summed E-state index contributed by atoms with van der Waals surface area (Å²) in [7, 11) is 0. The fourth-order valence-corrected chi connectivity index (χ4v) is 2.08. The first-order valence-electron chi connectivity index (χ1n) is 7.86. The standard InChI is InChI=1S/C16H20F3N5O/c1-3-20-15(22-10-14-23-11(2)25-24-14)21-9-8-12-4-6-13(7-5-12)16(17,18)19/h4-7H,3,8-10H2,1-2H3,(H2,20,21,22). The van der Waals surface area contributed by atoms with Gasteiger partial charge < -0.3 is 15.2 Å². The van der Waals surface area contributed by atoms with Gasteiger partial charge in [-0.2, -0.15) is 18.2 Å². The molecule has 0 saturated heterocycles. The summed E-state index contributed by atoms with van der Waals surface area (Å²) in [6, 6.07) is 5.15. The van der Waals surface area contributed by atoms with Crippen molar-refractivity contribution in [2.45, 2.75) is 33.0 Å². The van der Waals surface area contributed by atoms with Gasteiger partial charge in [-0.3, -0.25) is 0 Å². The number of halogens is 3. The highest BCUT2D eigenvalue weighted by Crippen LogP contribution is 2.29. The van der Waals surface area contributed by atoms with Gasteiger partial charge in [0.2, 0.25) is 5.89 Å². The lowest BCUT2D eigenvalue weighted by atomic mass is 10.1. The molecule has 0 spiro atoms. The van der Waals surface area contributed by atoms with Crippen LogP contribution in [0.5, 0.6) is 0 Å². The van der Waals surface area contributed by atoms with Gasteiger partial charge in [0.1, 0.15) is 6.54 Å². The maximum absolute atomic E-state index is 12.5. The lowest BCUT2D eigenvalue weighted by Gasteiger charge is -2.11. The number of nitrogens with zero attached hydrogens (tertiary/aromatic N) is 3. The topological polar surface area (TPSA) is 75.3 Å². The minimum Gasteiger partial charge on any atom is -0.357 e. The average molecular weight is 355 g/mol. The molecule has 2 rings (SSSR count). The van der Waals surface area contributed by atoms with Crippen molar-refractivity contribution in [1.82, 2.24) is 20.8 Å². The van der Waals surface area contributed by atoms with E-state index in [1.54, 1.807) is 6.92 Å². The highest BCUT2D eigenvalue weighted by atomic mass is 19.4. The Hall–Kier alpha value is -2.58. The van der Waals surface area contributed by atoms with Crippen LogP contribution in [0.3, 0.4) is 0 Å². The Morgan fingerprint density at radius 3 is 2.48 bits per heavy atom. The molecule has 0 amide bonds. The van der Waals surface area contributed by atoms with Gasteiger partial charge in [-0.15, -0.1) is 0 Å². The van der Waals surface area contributed by atoms with Crippen LogP contribution in [0.15, 0.2) is 33.8 Å². The van der Waals surface area contributed by atoms with Crippen molar-refractivity contribution < 1.29 is 17.7 Å². The normalized spacial score (nSPS) is 12.3. The van der Waals surface area contributed by atoms with Crippen LogP contribution in [0.4, 0.5) is 13.2 Å². The largest absolute Gasteiger partial charge is 0.416 e. The fourth-order valence-electron chi connectivity index (χ4n) is 2.08. The van der Waals surface area contributed by atoms with Crippen LogP contribution in [0, 0.1) is 6.92 Å². The van der Waals surface area contributed by atoms with Crippen molar-refractivity contribution in [2.24, 2.45) is 4.99 Å². The Morgan fingerprint density at radius 2 is 1.92 bits per heavy atom. The summed E-state index contributed by atoms with van der Waals surface area (Å²) in [4.78, 5) is 8.40. The van der Waals surface area contributed by atoms with Crippen molar-refractivity contribution in [2.75, 3.05) is 13.1 Å². The van der Waals surface area contributed by atoms with E-state index in [1.807, 2.05) is 6.92 Å². The Balaban J connectivity index is 1.86. The van der Waals surface area contributed by atoms with E-state index >= 15 is 0 Å². The van der Waals surface area contributed by atoms with Crippen molar-refractivity contribution in [1.29, 1.82) is 0 Å². The number of guanidine groups is 1. The van der Waals surface area contributed by atoms with Crippen LogP contribution in [0.2, 0.25) is 0 Å². The molecule has 0 atom stereocenters. The van der Waals surface area contributed by atoms with Crippen molar-refractivity contribution in [3.63, 3.8) is 0 Å². The SMILES string of the molecule is CCNC(=NCc1noc(C)n1)NCCc1ccc(C(F)(F)F)cc1. The fraction of sp³-hybridized carbons (Fsp3) is 0.438. The maximum Gasteiger partial charge on any atom is 0.416 e. The molecule has 0 aliphatic heterocycles. The molecular formula is C16H20F3N5O. The third-order valence-electron chi connectivity index (χ3n) is 3.28. The Labute approximate surface area is 143 Å². The zero-order valence-electron chi connectivity index (χ0n) is 14.0. The number of aryl methyl sites for hydroxylation is 1. The third kappa shape index (κ3) is 6.09. The number of hydrogen-bond acceptors (Lipinski definition) is 4. The van der Waals surface area contributed by atoms with Crippen LogP contribution in [0.1, 0.15) is 29.8 Å². The first-order valence-corrected chi connectivity index (χ1v) is 7.86. The van der Waals surface area contributed by atoms with Gasteiger partial charge >= 0.3 is 6.18 Å². The minimum absolute atomic E-state index is 0.271. The Bertz CT molecular complexity index is 695. The van der Waals surface area contributed by atoms with Crippen molar-refractivity contribution in [3.05, 3.63) is 47.1 Å². The summed E-state index contributed by atoms with van der Waals surface area (Å²) >= 11 is 0. The summed E-state index contributed by atoms with van der Waals surface area (Å²) in [5, 5.41) is 9.96. The summed E-state index contributed by atoms with van der Waals surface area (Å²) in [6.45, 7) is 5.12. The highest BCUT2D eigenvalue weighted by Gasteiger charge is 2.29. The van der Waals surface area contributed by atoms with Crippen LogP contribution in [0.25, 0.3) is 0 Å². The molecule has 136 valence electrons. The molecule has 0 unspecified atom stereocenters. The van der Waals surface area contributed by atoms with Gasteiger partial charge in [0.15, 0.2) is 11.8 Å². The molecule has 0 aliphatic carbocycles. The maximum atomic E-state index is 12.5. The number of aliphatic imine (C=N–C) groups is 1. The number of hydrogen-bond donors (Lipinski definition) is 2. The quantitative estimate of drug-likeness (QED) is 0.616. The van der Waals surface area contributed by atoms with E-state index in [1.165, 1.54) is 12.1 Å². The molecule has 2 aromatic rings. The number of alkyl halides is 3. The first kappa shape index (κ1) is 18.8. The van der Waals surface area contributed by atoms with Crippen LogP contribution in [-0.4, -0.2) is 29.2 Å². The average Bonchev–Trinajstić information content (AvgIpc) is 2.98. The third-order valence-corrected chi connectivity index (χ3v) is 3.28. The van der Waals surface area contributed by atoms with Crippen LogP contribution in [-0.2, 0) is 19.1 Å². The minimum atomic E-state index is -4.31. The van der Waals surface area contributed by atoms with Gasteiger partial charge in [-0.25, -0.2) is 4.99 Å². The van der Waals surface area contributed by atoms with E-state index in [2.05, 4.69) is 25.8 Å². The molecule has 0 fully saturated rings. The highest BCUT2D eigenvalue weighted by molar-refractivity contribution is 5.79. The molecule has 2 N–H and O–H groups in total. The lowest BCUT2D eigenvalue weighted by molar-refractivity contribution is -0.137. The molecule has 0 bridgehead atoms. The smallest absolute Gasteiger partial charge is 0.357 e.